The summed E-state index contributed by atoms with van der Waals surface area (Å²) in [6.07, 6.45) is -2.54. The van der Waals surface area contributed by atoms with Crippen molar-refractivity contribution in [3.05, 3.63) is 59.9 Å². The van der Waals surface area contributed by atoms with E-state index in [9.17, 15) is 22.8 Å². The molecule has 0 radical (unpaired) electrons. The first-order chi connectivity index (χ1) is 16.1. The molecule has 4 rings (SSSR count). The number of amides is 2. The molecule has 0 bridgehead atoms. The summed E-state index contributed by atoms with van der Waals surface area (Å²) < 4.78 is 31.7. The lowest BCUT2D eigenvalue weighted by atomic mass is 10.1. The van der Waals surface area contributed by atoms with E-state index in [-0.39, 0.29) is 17.1 Å². The van der Waals surface area contributed by atoms with Crippen LogP contribution in [0.5, 0.6) is 0 Å². The van der Waals surface area contributed by atoms with Crippen molar-refractivity contribution in [1.29, 1.82) is 0 Å². The van der Waals surface area contributed by atoms with Gasteiger partial charge in [0, 0.05) is 47.4 Å². The average molecular weight is 539 g/mol. The van der Waals surface area contributed by atoms with Crippen LogP contribution in [-0.4, -0.2) is 50.9 Å². The highest BCUT2D eigenvalue weighted by Gasteiger charge is 2.38. The minimum absolute atomic E-state index is 0.0386. The Labute approximate surface area is 199 Å². The van der Waals surface area contributed by atoms with E-state index in [4.69, 9.17) is 9.90 Å². The number of halogens is 4. The molecule has 1 aromatic carbocycles. The lowest BCUT2D eigenvalue weighted by Gasteiger charge is -2.11. The second kappa shape index (κ2) is 10.5. The second-order valence-corrected chi connectivity index (χ2v) is 7.64. The number of carbonyl (C=O) groups is 3. The SMILES string of the molecule is O=C(CBr)Nc1cccc(-c2cc(-c3cc4c([nH]3)CCNC4=O)ccn2)c1.O=C(O)C(F)(F)F. The summed E-state index contributed by atoms with van der Waals surface area (Å²) >= 11 is 3.14. The van der Waals surface area contributed by atoms with Crippen LogP contribution >= 0.6 is 15.9 Å². The predicted molar refractivity (Wildman–Crippen MR) is 122 cm³/mol. The molecule has 2 aromatic heterocycles. The Kier molecular flexibility index (Phi) is 7.72. The Morgan fingerprint density at radius 1 is 1.15 bits per heavy atom. The third-order valence-corrected chi connectivity index (χ3v) is 5.19. The summed E-state index contributed by atoms with van der Waals surface area (Å²) in [6, 6.07) is 13.3. The van der Waals surface area contributed by atoms with Gasteiger partial charge in [0.2, 0.25) is 5.91 Å². The number of rotatable bonds is 4. The van der Waals surface area contributed by atoms with Crippen LogP contribution < -0.4 is 10.6 Å². The molecule has 0 atom stereocenters. The fraction of sp³-hybridized carbons (Fsp3) is 0.182. The van der Waals surface area contributed by atoms with E-state index >= 15 is 0 Å². The molecular formula is C22H18BrF3N4O4. The number of aliphatic carboxylic acids is 1. The molecule has 2 amide bonds. The molecule has 0 saturated heterocycles. The van der Waals surface area contributed by atoms with Crippen molar-refractivity contribution >= 4 is 39.4 Å². The van der Waals surface area contributed by atoms with Gasteiger partial charge in [-0.3, -0.25) is 14.6 Å². The first-order valence-electron chi connectivity index (χ1n) is 9.81. The molecule has 0 spiro atoms. The molecule has 1 aliphatic heterocycles. The predicted octanol–water partition coefficient (Wildman–Crippen LogP) is 4.00. The lowest BCUT2D eigenvalue weighted by molar-refractivity contribution is -0.192. The van der Waals surface area contributed by atoms with Crippen molar-refractivity contribution in [3.8, 4) is 22.5 Å². The number of alkyl halides is 4. The smallest absolute Gasteiger partial charge is 0.475 e. The van der Waals surface area contributed by atoms with Gasteiger partial charge in [0.1, 0.15) is 0 Å². The second-order valence-electron chi connectivity index (χ2n) is 7.08. The van der Waals surface area contributed by atoms with E-state index in [0.29, 0.717) is 12.1 Å². The highest BCUT2D eigenvalue weighted by atomic mass is 79.9. The molecule has 1 aliphatic rings. The minimum Gasteiger partial charge on any atom is -0.475 e. The number of hydrogen-bond acceptors (Lipinski definition) is 4. The number of carboxylic acid groups (broad SMARTS) is 1. The number of nitrogens with one attached hydrogen (secondary N) is 3. The molecule has 8 nitrogen and oxygen atoms in total. The van der Waals surface area contributed by atoms with E-state index in [0.717, 1.165) is 40.3 Å². The van der Waals surface area contributed by atoms with E-state index in [2.05, 4.69) is 36.5 Å². The normalized spacial score (nSPS) is 12.6. The number of H-pyrrole nitrogens is 1. The fourth-order valence-corrected chi connectivity index (χ4v) is 3.30. The average Bonchev–Trinajstić information content (AvgIpc) is 3.25. The molecule has 12 heteroatoms. The number of hydrogen-bond donors (Lipinski definition) is 4. The summed E-state index contributed by atoms with van der Waals surface area (Å²) in [6.45, 7) is 0.653. The van der Waals surface area contributed by atoms with Crippen LogP contribution in [0, 0.1) is 0 Å². The number of carbonyl (C=O) groups excluding carboxylic acids is 2. The van der Waals surface area contributed by atoms with E-state index < -0.39 is 12.1 Å². The standard InChI is InChI=1S/C20H17BrN4O2.C2HF3O2/c21-11-19(26)24-14-3-1-2-12(8-14)17-9-13(4-6-22-17)18-10-15-16(25-18)5-7-23-20(15)27;3-2(4,5)1(6)7/h1-4,6,8-10,25H,5,7,11H2,(H,23,27)(H,24,26);(H,6,7). The molecule has 178 valence electrons. The summed E-state index contributed by atoms with van der Waals surface area (Å²) in [5.41, 5.74) is 5.93. The summed E-state index contributed by atoms with van der Waals surface area (Å²) in [7, 11) is 0. The van der Waals surface area contributed by atoms with Gasteiger partial charge < -0.3 is 20.7 Å². The van der Waals surface area contributed by atoms with Crippen LogP contribution in [0.3, 0.4) is 0 Å². The van der Waals surface area contributed by atoms with Crippen LogP contribution in [0.15, 0.2) is 48.7 Å². The summed E-state index contributed by atoms with van der Waals surface area (Å²) in [5.74, 6) is -2.90. The molecule has 0 saturated carbocycles. The summed E-state index contributed by atoms with van der Waals surface area (Å²) in [5, 5.41) is 13.1. The Hall–Kier alpha value is -3.67. The number of pyridine rings is 1. The Morgan fingerprint density at radius 3 is 2.53 bits per heavy atom. The number of anilines is 1. The van der Waals surface area contributed by atoms with Gasteiger partial charge in [0.15, 0.2) is 0 Å². The van der Waals surface area contributed by atoms with Gasteiger partial charge in [-0.05, 0) is 30.3 Å². The molecule has 4 N–H and O–H groups in total. The number of aromatic amines is 1. The Morgan fingerprint density at radius 2 is 1.88 bits per heavy atom. The quantitative estimate of drug-likeness (QED) is 0.374. The van der Waals surface area contributed by atoms with Crippen molar-refractivity contribution < 1.29 is 32.7 Å². The van der Waals surface area contributed by atoms with Crippen molar-refractivity contribution in [2.45, 2.75) is 12.6 Å². The minimum atomic E-state index is -5.08. The third-order valence-electron chi connectivity index (χ3n) is 4.68. The molecule has 3 aromatic rings. The summed E-state index contributed by atoms with van der Waals surface area (Å²) in [4.78, 5) is 40.3. The zero-order valence-electron chi connectivity index (χ0n) is 17.4. The van der Waals surface area contributed by atoms with Crippen LogP contribution in [0.4, 0.5) is 18.9 Å². The van der Waals surface area contributed by atoms with Gasteiger partial charge in [0.25, 0.3) is 5.91 Å². The molecule has 3 heterocycles. The van der Waals surface area contributed by atoms with Crippen molar-refractivity contribution in [1.82, 2.24) is 15.3 Å². The lowest BCUT2D eigenvalue weighted by Crippen LogP contribution is -2.31. The number of aromatic nitrogens is 2. The van der Waals surface area contributed by atoms with Crippen molar-refractivity contribution in [2.75, 3.05) is 17.2 Å². The Bertz CT molecular complexity index is 1230. The number of benzene rings is 1. The highest BCUT2D eigenvalue weighted by Crippen LogP contribution is 2.28. The zero-order valence-corrected chi connectivity index (χ0v) is 19.0. The maximum Gasteiger partial charge on any atom is 0.490 e. The van der Waals surface area contributed by atoms with E-state index in [1.54, 1.807) is 6.20 Å². The van der Waals surface area contributed by atoms with Gasteiger partial charge >= 0.3 is 12.1 Å². The maximum absolute atomic E-state index is 12.0. The van der Waals surface area contributed by atoms with Crippen molar-refractivity contribution in [3.63, 3.8) is 0 Å². The van der Waals surface area contributed by atoms with Crippen LogP contribution in [-0.2, 0) is 16.0 Å². The number of carboxylic acids is 1. The largest absolute Gasteiger partial charge is 0.490 e. The zero-order chi connectivity index (χ0) is 24.9. The number of nitrogens with zero attached hydrogens (tertiary/aromatic N) is 1. The molecule has 0 unspecified atom stereocenters. The third kappa shape index (κ3) is 6.22. The first-order valence-corrected chi connectivity index (χ1v) is 10.9. The van der Waals surface area contributed by atoms with Crippen LogP contribution in [0.25, 0.3) is 22.5 Å². The topological polar surface area (TPSA) is 124 Å². The molecule has 34 heavy (non-hydrogen) atoms. The van der Waals surface area contributed by atoms with E-state index in [1.807, 2.05) is 42.5 Å². The first kappa shape index (κ1) is 25.0. The van der Waals surface area contributed by atoms with Crippen LogP contribution in [0.2, 0.25) is 0 Å². The van der Waals surface area contributed by atoms with Crippen molar-refractivity contribution in [2.24, 2.45) is 0 Å². The van der Waals surface area contributed by atoms with Gasteiger partial charge in [-0.2, -0.15) is 13.2 Å². The highest BCUT2D eigenvalue weighted by molar-refractivity contribution is 9.09. The molecule has 0 aliphatic carbocycles. The maximum atomic E-state index is 12.0. The Balaban J connectivity index is 0.000000406. The van der Waals surface area contributed by atoms with E-state index in [1.165, 1.54) is 0 Å². The van der Waals surface area contributed by atoms with Crippen LogP contribution in [0.1, 0.15) is 16.1 Å². The van der Waals surface area contributed by atoms with Gasteiger partial charge in [-0.1, -0.05) is 28.1 Å². The molecule has 0 fully saturated rings. The molecular weight excluding hydrogens is 521 g/mol. The van der Waals surface area contributed by atoms with Gasteiger partial charge in [-0.15, -0.1) is 0 Å². The van der Waals surface area contributed by atoms with Gasteiger partial charge in [-0.25, -0.2) is 4.79 Å². The number of fused-ring (bicyclic) bond motifs is 1. The monoisotopic (exact) mass is 538 g/mol. The fourth-order valence-electron chi connectivity index (χ4n) is 3.16. The van der Waals surface area contributed by atoms with Gasteiger partial charge in [0.05, 0.1) is 16.6 Å².